The topological polar surface area (TPSA) is 54.4 Å². The lowest BCUT2D eigenvalue weighted by molar-refractivity contribution is -0.136. The molecular weight excluding hydrogens is 235 g/mol. The fraction of sp³-hybridized carbons (Fsp3) is 0.273. The van der Waals surface area contributed by atoms with Gasteiger partial charge in [0.25, 0.3) is 0 Å². The summed E-state index contributed by atoms with van der Waals surface area (Å²) >= 11 is 5.70. The summed E-state index contributed by atoms with van der Waals surface area (Å²) in [6.45, 7) is 1.51. The van der Waals surface area contributed by atoms with Crippen LogP contribution in [0.25, 0.3) is 0 Å². The van der Waals surface area contributed by atoms with Gasteiger partial charge in [-0.15, -0.1) is 0 Å². The molecule has 0 radical (unpaired) electrons. The lowest BCUT2D eigenvalue weighted by Gasteiger charge is -2.05. The van der Waals surface area contributed by atoms with Crippen molar-refractivity contribution in [2.45, 2.75) is 19.8 Å². The zero-order valence-electron chi connectivity index (χ0n) is 8.59. The quantitative estimate of drug-likeness (QED) is 0.829. The molecule has 0 aliphatic rings. The fourth-order valence-corrected chi connectivity index (χ4v) is 1.48. The average molecular weight is 245 g/mol. The number of hydrogen-bond donors (Lipinski definition) is 1. The van der Waals surface area contributed by atoms with Crippen LogP contribution in [0, 0.1) is 12.7 Å². The van der Waals surface area contributed by atoms with Gasteiger partial charge in [0.2, 0.25) is 0 Å². The van der Waals surface area contributed by atoms with E-state index in [-0.39, 0.29) is 23.4 Å². The van der Waals surface area contributed by atoms with E-state index in [9.17, 15) is 14.0 Å². The molecule has 3 nitrogen and oxygen atoms in total. The van der Waals surface area contributed by atoms with Crippen LogP contribution in [0.1, 0.15) is 28.8 Å². The molecule has 0 aromatic heterocycles. The van der Waals surface area contributed by atoms with Crippen LogP contribution in [0.2, 0.25) is 5.02 Å². The number of carbonyl (C=O) groups is 2. The van der Waals surface area contributed by atoms with Crippen LogP contribution in [0.4, 0.5) is 4.39 Å². The van der Waals surface area contributed by atoms with Crippen molar-refractivity contribution in [1.82, 2.24) is 0 Å². The van der Waals surface area contributed by atoms with Crippen molar-refractivity contribution in [1.29, 1.82) is 0 Å². The highest BCUT2D eigenvalue weighted by atomic mass is 35.5. The van der Waals surface area contributed by atoms with E-state index in [1.165, 1.54) is 13.0 Å². The lowest BCUT2D eigenvalue weighted by atomic mass is 10.0. The molecule has 5 heteroatoms. The molecule has 0 unspecified atom stereocenters. The number of aryl methyl sites for hydroxylation is 1. The second-order valence-electron chi connectivity index (χ2n) is 3.40. The van der Waals surface area contributed by atoms with Gasteiger partial charge in [-0.25, -0.2) is 4.39 Å². The summed E-state index contributed by atoms with van der Waals surface area (Å²) in [4.78, 5) is 21.9. The van der Waals surface area contributed by atoms with Crippen LogP contribution in [-0.4, -0.2) is 16.9 Å². The average Bonchev–Trinajstić information content (AvgIpc) is 2.20. The van der Waals surface area contributed by atoms with Crippen molar-refractivity contribution in [2.75, 3.05) is 0 Å². The largest absolute Gasteiger partial charge is 0.481 e. The molecule has 0 fully saturated rings. The minimum atomic E-state index is -1.05. The molecule has 1 aromatic rings. The standard InChI is InChI=1S/C11H10ClFO3/c1-6-4-7(8(12)5-9(6)13)10(14)2-3-11(15)16/h4-5H,2-3H2,1H3,(H,15,16). The second-order valence-corrected chi connectivity index (χ2v) is 3.81. The molecule has 16 heavy (non-hydrogen) atoms. The summed E-state index contributed by atoms with van der Waals surface area (Å²) in [7, 11) is 0. The Bertz CT molecular complexity index is 443. The summed E-state index contributed by atoms with van der Waals surface area (Å²) < 4.78 is 13.0. The maximum absolute atomic E-state index is 13.0. The molecule has 0 spiro atoms. The second kappa shape index (κ2) is 5.07. The highest BCUT2D eigenvalue weighted by molar-refractivity contribution is 6.34. The van der Waals surface area contributed by atoms with Gasteiger partial charge in [0, 0.05) is 12.0 Å². The molecule has 0 saturated carbocycles. The minimum Gasteiger partial charge on any atom is -0.481 e. The normalized spacial score (nSPS) is 10.2. The van der Waals surface area contributed by atoms with E-state index in [0.717, 1.165) is 6.07 Å². The number of ketones is 1. The fourth-order valence-electron chi connectivity index (χ4n) is 1.23. The first-order valence-electron chi connectivity index (χ1n) is 4.62. The Labute approximate surface area is 96.8 Å². The third-order valence-electron chi connectivity index (χ3n) is 2.11. The van der Waals surface area contributed by atoms with Crippen LogP contribution >= 0.6 is 11.6 Å². The van der Waals surface area contributed by atoms with Gasteiger partial charge >= 0.3 is 5.97 Å². The zero-order valence-corrected chi connectivity index (χ0v) is 9.34. The number of rotatable bonds is 4. The smallest absolute Gasteiger partial charge is 0.303 e. The SMILES string of the molecule is Cc1cc(C(=O)CCC(=O)O)c(Cl)cc1F. The summed E-state index contributed by atoms with van der Waals surface area (Å²) in [6, 6.07) is 2.40. The van der Waals surface area contributed by atoms with Crippen LogP contribution < -0.4 is 0 Å². The van der Waals surface area contributed by atoms with E-state index < -0.39 is 17.6 Å². The van der Waals surface area contributed by atoms with Gasteiger partial charge < -0.3 is 5.11 Å². The number of benzene rings is 1. The van der Waals surface area contributed by atoms with Crippen LogP contribution in [0.5, 0.6) is 0 Å². The van der Waals surface area contributed by atoms with E-state index in [1.807, 2.05) is 0 Å². The van der Waals surface area contributed by atoms with Crippen LogP contribution in [0.3, 0.4) is 0 Å². The number of carbonyl (C=O) groups excluding carboxylic acids is 1. The summed E-state index contributed by atoms with van der Waals surface area (Å²) in [5, 5.41) is 8.44. The van der Waals surface area contributed by atoms with E-state index in [1.54, 1.807) is 0 Å². The van der Waals surface area contributed by atoms with Crippen molar-refractivity contribution in [3.05, 3.63) is 34.1 Å². The first-order valence-corrected chi connectivity index (χ1v) is 5.00. The Morgan fingerprint density at radius 2 is 2.00 bits per heavy atom. The van der Waals surface area contributed by atoms with Crippen LogP contribution in [0.15, 0.2) is 12.1 Å². The van der Waals surface area contributed by atoms with E-state index in [2.05, 4.69) is 0 Å². The number of hydrogen-bond acceptors (Lipinski definition) is 2. The predicted molar refractivity (Wildman–Crippen MR) is 57.3 cm³/mol. The summed E-state index contributed by atoms with van der Waals surface area (Å²) in [5.74, 6) is -1.93. The van der Waals surface area contributed by atoms with Gasteiger partial charge in [-0.1, -0.05) is 11.6 Å². The highest BCUT2D eigenvalue weighted by Gasteiger charge is 2.14. The van der Waals surface area contributed by atoms with E-state index in [0.29, 0.717) is 5.56 Å². The number of carboxylic acid groups (broad SMARTS) is 1. The lowest BCUT2D eigenvalue weighted by Crippen LogP contribution is -2.05. The predicted octanol–water partition coefficient (Wildman–Crippen LogP) is 2.84. The molecular formula is C11H10ClFO3. The number of aliphatic carboxylic acids is 1. The van der Waals surface area contributed by atoms with Crippen molar-refractivity contribution in [2.24, 2.45) is 0 Å². The van der Waals surface area contributed by atoms with Gasteiger partial charge in [0.05, 0.1) is 11.4 Å². The van der Waals surface area contributed by atoms with Crippen LogP contribution in [-0.2, 0) is 4.79 Å². The van der Waals surface area contributed by atoms with Gasteiger partial charge in [-0.2, -0.15) is 0 Å². The molecule has 0 heterocycles. The molecule has 1 rings (SSSR count). The number of Topliss-reactive ketones (excluding diaryl/α,β-unsaturated/α-hetero) is 1. The van der Waals surface area contributed by atoms with Crippen molar-refractivity contribution < 1.29 is 19.1 Å². The Morgan fingerprint density at radius 3 is 2.56 bits per heavy atom. The third kappa shape index (κ3) is 3.03. The molecule has 1 N–H and O–H groups in total. The van der Waals surface area contributed by atoms with E-state index >= 15 is 0 Å². The van der Waals surface area contributed by atoms with Gasteiger partial charge in [-0.3, -0.25) is 9.59 Å². The molecule has 0 aliphatic carbocycles. The zero-order chi connectivity index (χ0) is 12.3. The molecule has 0 saturated heterocycles. The number of halogens is 2. The monoisotopic (exact) mass is 244 g/mol. The molecule has 0 aliphatic heterocycles. The Morgan fingerprint density at radius 1 is 1.38 bits per heavy atom. The maximum Gasteiger partial charge on any atom is 0.303 e. The first kappa shape index (κ1) is 12.6. The Hall–Kier alpha value is -1.42. The Balaban J connectivity index is 2.91. The summed E-state index contributed by atoms with van der Waals surface area (Å²) in [5.41, 5.74) is 0.477. The van der Waals surface area contributed by atoms with Gasteiger partial charge in [-0.05, 0) is 24.6 Å². The molecule has 0 amide bonds. The molecule has 0 bridgehead atoms. The number of carboxylic acids is 1. The van der Waals surface area contributed by atoms with Gasteiger partial charge in [0.15, 0.2) is 5.78 Å². The maximum atomic E-state index is 13.0. The Kier molecular flexibility index (Phi) is 4.01. The van der Waals surface area contributed by atoms with Crippen molar-refractivity contribution >= 4 is 23.4 Å². The first-order chi connectivity index (χ1) is 7.41. The van der Waals surface area contributed by atoms with Gasteiger partial charge in [0.1, 0.15) is 5.82 Å². The van der Waals surface area contributed by atoms with Crippen molar-refractivity contribution in [3.8, 4) is 0 Å². The minimum absolute atomic E-state index is 0.0125. The highest BCUT2D eigenvalue weighted by Crippen LogP contribution is 2.22. The van der Waals surface area contributed by atoms with E-state index in [4.69, 9.17) is 16.7 Å². The van der Waals surface area contributed by atoms with Crippen molar-refractivity contribution in [3.63, 3.8) is 0 Å². The summed E-state index contributed by atoms with van der Waals surface area (Å²) in [6.07, 6.45) is -0.397. The molecule has 1 aromatic carbocycles. The molecule has 86 valence electrons. The third-order valence-corrected chi connectivity index (χ3v) is 2.43. The molecule has 0 atom stereocenters.